The van der Waals surface area contributed by atoms with E-state index in [-0.39, 0.29) is 11.9 Å². The molecule has 0 radical (unpaired) electrons. The number of nitrogens with zero attached hydrogens (tertiary/aromatic N) is 1. The minimum atomic E-state index is -0.322. The highest BCUT2D eigenvalue weighted by Crippen LogP contribution is 2.42. The highest BCUT2D eigenvalue weighted by atomic mass is 16.3. The quantitative estimate of drug-likeness (QED) is 0.748. The van der Waals surface area contributed by atoms with Gasteiger partial charge in [-0.2, -0.15) is 0 Å². The Labute approximate surface area is 139 Å². The van der Waals surface area contributed by atoms with Crippen LogP contribution in [0.3, 0.4) is 0 Å². The van der Waals surface area contributed by atoms with Gasteiger partial charge in [0, 0.05) is 12.3 Å². The van der Waals surface area contributed by atoms with Gasteiger partial charge in [0.05, 0.1) is 18.0 Å². The minimum absolute atomic E-state index is 0.148. The number of rotatable bonds is 6. The van der Waals surface area contributed by atoms with Gasteiger partial charge in [0.15, 0.2) is 0 Å². The van der Waals surface area contributed by atoms with Crippen LogP contribution < -0.4 is 5.32 Å². The number of aromatic nitrogens is 1. The average molecular weight is 322 g/mol. The molecule has 1 atom stereocenters. The minimum Gasteiger partial charge on any atom is -0.468 e. The van der Waals surface area contributed by atoms with E-state index in [9.17, 15) is 4.79 Å². The highest BCUT2D eigenvalue weighted by Gasteiger charge is 2.32. The van der Waals surface area contributed by atoms with Gasteiger partial charge in [-0.3, -0.25) is 4.79 Å². The van der Waals surface area contributed by atoms with Gasteiger partial charge in [-0.15, -0.1) is 0 Å². The maximum atomic E-state index is 12.7. The first-order valence-corrected chi connectivity index (χ1v) is 8.13. The number of benzene rings is 1. The summed E-state index contributed by atoms with van der Waals surface area (Å²) in [5, 5.41) is 3.04. The molecule has 1 aliphatic rings. The van der Waals surface area contributed by atoms with Crippen LogP contribution in [0, 0.1) is 0 Å². The summed E-state index contributed by atoms with van der Waals surface area (Å²) in [7, 11) is 0. The van der Waals surface area contributed by atoms with E-state index in [1.807, 2.05) is 30.3 Å². The fraction of sp³-hybridized carbons (Fsp3) is 0.263. The van der Waals surface area contributed by atoms with Crippen molar-refractivity contribution in [2.75, 3.05) is 0 Å². The zero-order chi connectivity index (χ0) is 16.4. The summed E-state index contributed by atoms with van der Waals surface area (Å²) in [6.45, 7) is 0. The summed E-state index contributed by atoms with van der Waals surface area (Å²) in [5.41, 5.74) is 1.72. The number of hydrogen-bond donors (Lipinski definition) is 1. The number of nitrogens with one attached hydrogen (secondary N) is 1. The van der Waals surface area contributed by atoms with Crippen molar-refractivity contribution in [2.45, 2.75) is 31.2 Å². The number of hydrogen-bond acceptors (Lipinski definition) is 4. The van der Waals surface area contributed by atoms with Crippen LogP contribution in [0.25, 0.3) is 0 Å². The van der Waals surface area contributed by atoms with Gasteiger partial charge in [0.2, 0.25) is 5.89 Å². The summed E-state index contributed by atoms with van der Waals surface area (Å²) in [4.78, 5) is 16.9. The van der Waals surface area contributed by atoms with Gasteiger partial charge in [-0.1, -0.05) is 30.3 Å². The van der Waals surface area contributed by atoms with Crippen LogP contribution in [0.2, 0.25) is 0 Å². The molecule has 0 bridgehead atoms. The first-order valence-electron chi connectivity index (χ1n) is 8.13. The molecule has 1 amide bonds. The van der Waals surface area contributed by atoms with Crippen molar-refractivity contribution in [3.05, 3.63) is 77.9 Å². The van der Waals surface area contributed by atoms with Gasteiger partial charge in [0.1, 0.15) is 18.1 Å². The van der Waals surface area contributed by atoms with E-state index in [0.717, 1.165) is 24.2 Å². The van der Waals surface area contributed by atoms with Crippen LogP contribution in [0.4, 0.5) is 0 Å². The second-order valence-electron chi connectivity index (χ2n) is 6.06. The molecule has 1 aliphatic carbocycles. The van der Waals surface area contributed by atoms with Gasteiger partial charge in [0.25, 0.3) is 5.91 Å². The molecule has 2 aromatic heterocycles. The van der Waals surface area contributed by atoms with E-state index < -0.39 is 0 Å². The number of oxazole rings is 1. The molecule has 122 valence electrons. The Kier molecular flexibility index (Phi) is 3.91. The summed E-state index contributed by atoms with van der Waals surface area (Å²) < 4.78 is 10.9. The molecule has 0 saturated heterocycles. The van der Waals surface area contributed by atoms with Crippen LogP contribution in [-0.2, 0) is 6.42 Å². The number of amides is 1. The molecule has 3 aromatic rings. The molecule has 1 N–H and O–H groups in total. The lowest BCUT2D eigenvalue weighted by Gasteiger charge is -2.16. The third kappa shape index (κ3) is 3.11. The van der Waals surface area contributed by atoms with Gasteiger partial charge >= 0.3 is 0 Å². The lowest BCUT2D eigenvalue weighted by Crippen LogP contribution is -2.30. The lowest BCUT2D eigenvalue weighted by atomic mass is 10.0. The second kappa shape index (κ2) is 6.35. The smallest absolute Gasteiger partial charge is 0.255 e. The lowest BCUT2D eigenvalue weighted by molar-refractivity contribution is 0.0928. The molecule has 2 heterocycles. The number of carbonyl (C=O) groups excluding carboxylic acids is 1. The Bertz CT molecular complexity index is 804. The number of carbonyl (C=O) groups is 1. The first-order chi connectivity index (χ1) is 11.8. The molecule has 1 fully saturated rings. The summed E-state index contributed by atoms with van der Waals surface area (Å²) in [5.74, 6) is 1.53. The normalized spacial score (nSPS) is 15.2. The summed E-state index contributed by atoms with van der Waals surface area (Å²) >= 11 is 0. The third-order valence-electron chi connectivity index (χ3n) is 4.23. The van der Waals surface area contributed by atoms with Gasteiger partial charge < -0.3 is 14.2 Å². The largest absolute Gasteiger partial charge is 0.468 e. The Morgan fingerprint density at radius 2 is 2.00 bits per heavy atom. The van der Waals surface area contributed by atoms with Crippen molar-refractivity contribution in [1.29, 1.82) is 0 Å². The van der Waals surface area contributed by atoms with E-state index >= 15 is 0 Å². The molecule has 4 rings (SSSR count). The summed E-state index contributed by atoms with van der Waals surface area (Å²) in [6, 6.07) is 11.4. The summed E-state index contributed by atoms with van der Waals surface area (Å²) in [6.07, 6.45) is 7.48. The van der Waals surface area contributed by atoms with E-state index in [0.29, 0.717) is 23.8 Å². The standard InChI is InChI=1S/C19H18N2O3/c22-18(15-8-10-23-17(15)14-6-7-14)21-16(19-20-9-11-24-19)12-13-4-2-1-3-5-13/h1-5,8-11,14,16H,6-7,12H2,(H,21,22)/t16-/m0/s1. The predicted octanol–water partition coefficient (Wildman–Crippen LogP) is 3.86. The first kappa shape index (κ1) is 14.8. The van der Waals surface area contributed by atoms with Crippen LogP contribution in [0.5, 0.6) is 0 Å². The maximum absolute atomic E-state index is 12.7. The topological polar surface area (TPSA) is 68.3 Å². The van der Waals surface area contributed by atoms with E-state index in [4.69, 9.17) is 8.83 Å². The Morgan fingerprint density at radius 3 is 2.71 bits per heavy atom. The molecule has 0 aliphatic heterocycles. The Hall–Kier alpha value is -2.82. The van der Waals surface area contributed by atoms with Crippen LogP contribution in [0.15, 0.2) is 64.0 Å². The molecular weight excluding hydrogens is 304 g/mol. The second-order valence-corrected chi connectivity index (χ2v) is 6.06. The maximum Gasteiger partial charge on any atom is 0.255 e. The third-order valence-corrected chi connectivity index (χ3v) is 4.23. The van der Waals surface area contributed by atoms with E-state index in [1.165, 1.54) is 6.26 Å². The number of furan rings is 1. The fourth-order valence-corrected chi connectivity index (χ4v) is 2.86. The van der Waals surface area contributed by atoms with Crippen LogP contribution in [0.1, 0.15) is 52.4 Å². The van der Waals surface area contributed by atoms with Crippen molar-refractivity contribution in [3.63, 3.8) is 0 Å². The predicted molar refractivity (Wildman–Crippen MR) is 87.5 cm³/mol. The molecule has 1 saturated carbocycles. The van der Waals surface area contributed by atoms with Crippen molar-refractivity contribution in [3.8, 4) is 0 Å². The molecule has 0 spiro atoms. The van der Waals surface area contributed by atoms with Crippen molar-refractivity contribution in [2.24, 2.45) is 0 Å². The van der Waals surface area contributed by atoms with Gasteiger partial charge in [-0.05, 0) is 24.5 Å². The fourth-order valence-electron chi connectivity index (χ4n) is 2.86. The monoisotopic (exact) mass is 322 g/mol. The highest BCUT2D eigenvalue weighted by molar-refractivity contribution is 5.95. The molecule has 1 aromatic carbocycles. The van der Waals surface area contributed by atoms with Crippen LogP contribution in [-0.4, -0.2) is 10.9 Å². The molecule has 0 unspecified atom stereocenters. The Morgan fingerprint density at radius 1 is 1.17 bits per heavy atom. The van der Waals surface area contributed by atoms with Crippen molar-refractivity contribution in [1.82, 2.24) is 10.3 Å². The molecular formula is C19H18N2O3. The average Bonchev–Trinajstić information content (AvgIpc) is 3.12. The van der Waals surface area contributed by atoms with Crippen molar-refractivity contribution < 1.29 is 13.6 Å². The van der Waals surface area contributed by atoms with Crippen LogP contribution >= 0.6 is 0 Å². The Balaban J connectivity index is 1.55. The molecule has 5 heteroatoms. The SMILES string of the molecule is O=C(N[C@@H](Cc1ccccc1)c1ncco1)c1ccoc1C1CC1. The van der Waals surface area contributed by atoms with E-state index in [1.54, 1.807) is 18.5 Å². The molecule has 24 heavy (non-hydrogen) atoms. The van der Waals surface area contributed by atoms with E-state index in [2.05, 4.69) is 10.3 Å². The zero-order valence-corrected chi connectivity index (χ0v) is 13.1. The zero-order valence-electron chi connectivity index (χ0n) is 13.1. The molecule has 5 nitrogen and oxygen atoms in total. The van der Waals surface area contributed by atoms with Crippen molar-refractivity contribution >= 4 is 5.91 Å². The van der Waals surface area contributed by atoms with Gasteiger partial charge in [-0.25, -0.2) is 4.98 Å².